The SMILES string of the molecule is CCCCCC(=O)N(c1cccc(Cl)c1)C(C)(C)N(C(=O)CCCCC)c1cccc(Cl)c1. The van der Waals surface area contributed by atoms with E-state index < -0.39 is 5.66 Å². The zero-order chi connectivity index (χ0) is 24.4. The summed E-state index contributed by atoms with van der Waals surface area (Å²) >= 11 is 12.6. The molecule has 0 radical (unpaired) electrons. The fourth-order valence-corrected chi connectivity index (χ4v) is 4.51. The van der Waals surface area contributed by atoms with Crippen LogP contribution in [-0.4, -0.2) is 17.5 Å². The van der Waals surface area contributed by atoms with Gasteiger partial charge in [0.05, 0.1) is 0 Å². The first-order valence-electron chi connectivity index (χ1n) is 11.9. The van der Waals surface area contributed by atoms with Crippen molar-refractivity contribution >= 4 is 46.4 Å². The van der Waals surface area contributed by atoms with Crippen molar-refractivity contribution in [3.63, 3.8) is 0 Å². The van der Waals surface area contributed by atoms with Crippen LogP contribution in [0.25, 0.3) is 0 Å². The van der Waals surface area contributed by atoms with Gasteiger partial charge in [-0.3, -0.25) is 19.4 Å². The summed E-state index contributed by atoms with van der Waals surface area (Å²) in [7, 11) is 0. The summed E-state index contributed by atoms with van der Waals surface area (Å²) in [4.78, 5) is 30.6. The maximum absolute atomic E-state index is 13.6. The van der Waals surface area contributed by atoms with Crippen LogP contribution in [0.3, 0.4) is 0 Å². The summed E-state index contributed by atoms with van der Waals surface area (Å²) in [5.74, 6) is -0.0757. The van der Waals surface area contributed by atoms with Gasteiger partial charge in [-0.1, -0.05) is 74.9 Å². The normalized spacial score (nSPS) is 11.3. The van der Waals surface area contributed by atoms with Crippen LogP contribution in [-0.2, 0) is 9.59 Å². The molecule has 2 aromatic rings. The van der Waals surface area contributed by atoms with E-state index in [2.05, 4.69) is 13.8 Å². The average Bonchev–Trinajstić information content (AvgIpc) is 2.74. The summed E-state index contributed by atoms with van der Waals surface area (Å²) in [6.45, 7) is 8.03. The van der Waals surface area contributed by atoms with Gasteiger partial charge in [0, 0.05) is 34.3 Å². The van der Waals surface area contributed by atoms with Crippen LogP contribution in [0.5, 0.6) is 0 Å². The van der Waals surface area contributed by atoms with E-state index in [9.17, 15) is 9.59 Å². The highest BCUT2D eigenvalue weighted by atomic mass is 35.5. The lowest BCUT2D eigenvalue weighted by Gasteiger charge is -2.46. The molecular weight excluding hydrogens is 455 g/mol. The van der Waals surface area contributed by atoms with Crippen LogP contribution < -0.4 is 9.80 Å². The summed E-state index contributed by atoms with van der Waals surface area (Å²) in [5, 5.41) is 1.08. The van der Waals surface area contributed by atoms with Crippen molar-refractivity contribution in [3.8, 4) is 0 Å². The molecule has 0 bridgehead atoms. The molecular formula is C27H36Cl2N2O2. The van der Waals surface area contributed by atoms with Crippen molar-refractivity contribution in [1.29, 1.82) is 0 Å². The molecule has 0 aliphatic carbocycles. The van der Waals surface area contributed by atoms with Crippen LogP contribution in [0.4, 0.5) is 11.4 Å². The van der Waals surface area contributed by atoms with Gasteiger partial charge < -0.3 is 0 Å². The molecule has 0 fully saturated rings. The maximum atomic E-state index is 13.6. The highest BCUT2D eigenvalue weighted by molar-refractivity contribution is 6.31. The Morgan fingerprint density at radius 3 is 1.45 bits per heavy atom. The number of carbonyl (C=O) groups is 2. The van der Waals surface area contributed by atoms with Gasteiger partial charge in [0.1, 0.15) is 5.66 Å². The van der Waals surface area contributed by atoms with Gasteiger partial charge in [-0.15, -0.1) is 0 Å². The van der Waals surface area contributed by atoms with E-state index in [-0.39, 0.29) is 11.8 Å². The van der Waals surface area contributed by atoms with E-state index in [1.807, 2.05) is 38.1 Å². The molecule has 0 aromatic heterocycles. The van der Waals surface area contributed by atoms with E-state index in [1.54, 1.807) is 34.1 Å². The zero-order valence-electron chi connectivity index (χ0n) is 20.2. The molecule has 180 valence electrons. The summed E-state index contributed by atoms with van der Waals surface area (Å²) < 4.78 is 0. The van der Waals surface area contributed by atoms with Gasteiger partial charge >= 0.3 is 0 Å². The number of carbonyl (C=O) groups excluding carboxylic acids is 2. The van der Waals surface area contributed by atoms with Crippen molar-refractivity contribution in [2.24, 2.45) is 0 Å². The van der Waals surface area contributed by atoms with Gasteiger partial charge in [-0.25, -0.2) is 0 Å². The minimum absolute atomic E-state index is 0.0379. The molecule has 0 aliphatic rings. The third-order valence-corrected chi connectivity index (χ3v) is 6.18. The molecule has 4 nitrogen and oxygen atoms in total. The second-order valence-corrected chi connectivity index (χ2v) is 9.70. The summed E-state index contributed by atoms with van der Waals surface area (Å²) in [5.41, 5.74) is 0.354. The topological polar surface area (TPSA) is 40.6 Å². The Hall–Kier alpha value is -2.04. The Morgan fingerprint density at radius 1 is 0.727 bits per heavy atom. The number of anilines is 2. The number of hydrogen-bond donors (Lipinski definition) is 0. The molecule has 2 amide bonds. The largest absolute Gasteiger partial charge is 0.289 e. The predicted molar refractivity (Wildman–Crippen MR) is 140 cm³/mol. The smallest absolute Gasteiger partial charge is 0.228 e. The summed E-state index contributed by atoms with van der Waals surface area (Å²) in [6.07, 6.45) is 6.40. The minimum Gasteiger partial charge on any atom is -0.289 e. The molecule has 2 aromatic carbocycles. The van der Waals surface area contributed by atoms with Gasteiger partial charge in [0.2, 0.25) is 11.8 Å². The molecule has 6 heteroatoms. The first kappa shape index (κ1) is 27.2. The van der Waals surface area contributed by atoms with Crippen molar-refractivity contribution in [2.45, 2.75) is 84.7 Å². The van der Waals surface area contributed by atoms with Gasteiger partial charge in [-0.05, 0) is 63.1 Å². The quantitative estimate of drug-likeness (QED) is 0.222. The molecule has 0 saturated carbocycles. The second kappa shape index (κ2) is 13.0. The van der Waals surface area contributed by atoms with Crippen LogP contribution in [0, 0.1) is 0 Å². The van der Waals surface area contributed by atoms with E-state index in [1.165, 1.54) is 0 Å². The van der Waals surface area contributed by atoms with Crippen LogP contribution >= 0.6 is 23.2 Å². The third-order valence-electron chi connectivity index (χ3n) is 5.71. The molecule has 0 heterocycles. The molecule has 0 N–H and O–H groups in total. The third kappa shape index (κ3) is 7.48. The lowest BCUT2D eigenvalue weighted by molar-refractivity contribution is -0.121. The Bertz CT molecular complexity index is 856. The number of nitrogens with zero attached hydrogens (tertiary/aromatic N) is 2. The fraction of sp³-hybridized carbons (Fsp3) is 0.481. The van der Waals surface area contributed by atoms with Crippen molar-refractivity contribution in [1.82, 2.24) is 0 Å². The Balaban J connectivity index is 2.56. The van der Waals surface area contributed by atoms with Gasteiger partial charge in [-0.2, -0.15) is 0 Å². The standard InChI is InChI=1S/C27H36Cl2N2O2/c1-5-7-9-17-25(32)30(23-15-11-13-21(28)19-23)27(3,4)31(26(33)18-10-8-6-2)24-16-12-14-22(29)20-24/h11-16,19-20H,5-10,17-18H2,1-4H3. The van der Waals surface area contributed by atoms with Crippen molar-refractivity contribution < 1.29 is 9.59 Å². The van der Waals surface area contributed by atoms with Crippen LogP contribution in [0.1, 0.15) is 79.1 Å². The molecule has 0 spiro atoms. The van der Waals surface area contributed by atoms with E-state index in [0.717, 1.165) is 38.5 Å². The number of hydrogen-bond acceptors (Lipinski definition) is 2. The number of rotatable bonds is 12. The zero-order valence-corrected chi connectivity index (χ0v) is 21.8. The number of halogens is 2. The molecule has 2 rings (SSSR count). The number of unbranched alkanes of at least 4 members (excludes halogenated alkanes) is 4. The highest BCUT2D eigenvalue weighted by Gasteiger charge is 2.40. The van der Waals surface area contributed by atoms with E-state index in [0.29, 0.717) is 34.3 Å². The van der Waals surface area contributed by atoms with Gasteiger partial charge in [0.25, 0.3) is 0 Å². The first-order chi connectivity index (χ1) is 15.7. The molecule has 0 saturated heterocycles. The lowest BCUT2D eigenvalue weighted by atomic mass is 10.0. The predicted octanol–water partition coefficient (Wildman–Crippen LogP) is 8.26. The molecule has 0 aliphatic heterocycles. The lowest BCUT2D eigenvalue weighted by Crippen LogP contribution is -2.61. The maximum Gasteiger partial charge on any atom is 0.228 e. The van der Waals surface area contributed by atoms with Crippen LogP contribution in [0.15, 0.2) is 48.5 Å². The fourth-order valence-electron chi connectivity index (χ4n) is 4.14. The average molecular weight is 492 g/mol. The summed E-state index contributed by atoms with van der Waals surface area (Å²) in [6, 6.07) is 14.5. The van der Waals surface area contributed by atoms with Crippen molar-refractivity contribution in [2.75, 3.05) is 9.80 Å². The number of amides is 2. The molecule has 0 unspecified atom stereocenters. The van der Waals surface area contributed by atoms with Crippen molar-refractivity contribution in [3.05, 3.63) is 58.6 Å². The highest BCUT2D eigenvalue weighted by Crippen LogP contribution is 2.35. The van der Waals surface area contributed by atoms with E-state index >= 15 is 0 Å². The van der Waals surface area contributed by atoms with Gasteiger partial charge in [0.15, 0.2) is 0 Å². The Labute approximate surface area is 208 Å². The van der Waals surface area contributed by atoms with E-state index in [4.69, 9.17) is 23.2 Å². The monoisotopic (exact) mass is 490 g/mol. The second-order valence-electron chi connectivity index (χ2n) is 8.83. The Morgan fingerprint density at radius 2 is 1.12 bits per heavy atom. The molecule has 0 atom stereocenters. The minimum atomic E-state index is -0.984. The number of benzene rings is 2. The first-order valence-corrected chi connectivity index (χ1v) is 12.6. The van der Waals surface area contributed by atoms with Crippen LogP contribution in [0.2, 0.25) is 10.0 Å². The molecule has 33 heavy (non-hydrogen) atoms. The Kier molecular flexibility index (Phi) is 10.7.